The van der Waals surface area contributed by atoms with Crippen LogP contribution in [0.25, 0.3) is 0 Å². The minimum atomic E-state index is 0.338. The second kappa shape index (κ2) is 1.26. The molecule has 0 N–H and O–H groups in total. The molecule has 1 heterocycles. The Bertz CT molecular complexity index is 71.9. The van der Waals surface area contributed by atoms with E-state index < -0.39 is 0 Å². The fourth-order valence-electron chi connectivity index (χ4n) is 0.345. The minimum Gasteiger partial charge on any atom is -0.302 e. The van der Waals surface area contributed by atoms with Crippen LogP contribution in [0.2, 0.25) is 0 Å². The summed E-state index contributed by atoms with van der Waals surface area (Å²) in [6.07, 6.45) is 1.01. The highest BCUT2D eigenvalue weighted by Gasteiger charge is 2.32. The SMILES string of the molecule is CC1SC1C=O. The van der Waals surface area contributed by atoms with E-state index in [4.69, 9.17) is 0 Å². The first-order valence-corrected chi connectivity index (χ1v) is 2.89. The molecular formula is C4H6OS. The Morgan fingerprint density at radius 2 is 2.33 bits per heavy atom. The van der Waals surface area contributed by atoms with Gasteiger partial charge in [0.1, 0.15) is 6.29 Å². The highest BCUT2D eigenvalue weighted by molar-refractivity contribution is 8.08. The maximum Gasteiger partial charge on any atom is 0.134 e. The number of hydrogen-bond donors (Lipinski definition) is 0. The minimum absolute atomic E-state index is 0.338. The lowest BCUT2D eigenvalue weighted by molar-refractivity contribution is -0.106. The van der Waals surface area contributed by atoms with E-state index in [0.717, 1.165) is 6.29 Å². The van der Waals surface area contributed by atoms with Crippen LogP contribution in [-0.2, 0) is 4.79 Å². The highest BCUT2D eigenvalue weighted by Crippen LogP contribution is 2.38. The maximum absolute atomic E-state index is 9.76. The Hall–Kier alpha value is 0.0200. The third-order valence-electron chi connectivity index (χ3n) is 0.892. The standard InChI is InChI=1S/C4H6OS/c1-3-4(2-5)6-3/h2-4H,1H3. The molecule has 0 spiro atoms. The van der Waals surface area contributed by atoms with Crippen LogP contribution < -0.4 is 0 Å². The molecule has 0 aromatic rings. The molecule has 1 fully saturated rings. The van der Waals surface area contributed by atoms with Gasteiger partial charge in [-0.25, -0.2) is 0 Å². The van der Waals surface area contributed by atoms with E-state index in [1.165, 1.54) is 0 Å². The Labute approximate surface area is 41.1 Å². The fraction of sp³-hybridized carbons (Fsp3) is 0.750. The topological polar surface area (TPSA) is 17.1 Å². The van der Waals surface area contributed by atoms with Crippen LogP contribution in [0.15, 0.2) is 0 Å². The molecular weight excluding hydrogens is 96.1 g/mol. The Morgan fingerprint density at radius 3 is 2.33 bits per heavy atom. The summed E-state index contributed by atoms with van der Waals surface area (Å²) in [6.45, 7) is 2.06. The number of carbonyl (C=O) groups excluding carboxylic acids is 1. The molecule has 0 amide bonds. The van der Waals surface area contributed by atoms with Gasteiger partial charge in [0, 0.05) is 5.25 Å². The van der Waals surface area contributed by atoms with Crippen molar-refractivity contribution in [1.29, 1.82) is 0 Å². The zero-order valence-corrected chi connectivity index (χ0v) is 4.37. The molecule has 0 saturated carbocycles. The second-order valence-electron chi connectivity index (χ2n) is 1.44. The van der Waals surface area contributed by atoms with Gasteiger partial charge < -0.3 is 4.79 Å². The Balaban J connectivity index is 2.25. The van der Waals surface area contributed by atoms with E-state index in [9.17, 15) is 4.79 Å². The van der Waals surface area contributed by atoms with Crippen LogP contribution >= 0.6 is 11.8 Å². The van der Waals surface area contributed by atoms with Gasteiger partial charge >= 0.3 is 0 Å². The molecule has 1 nitrogen and oxygen atoms in total. The fourth-order valence-corrected chi connectivity index (χ4v) is 0.879. The lowest BCUT2D eigenvalue weighted by atomic mass is 10.4. The van der Waals surface area contributed by atoms with Crippen LogP contribution in [0, 0.1) is 0 Å². The highest BCUT2D eigenvalue weighted by atomic mass is 32.2. The average molecular weight is 102 g/mol. The Morgan fingerprint density at radius 1 is 1.83 bits per heavy atom. The summed E-state index contributed by atoms with van der Waals surface area (Å²) in [7, 11) is 0. The van der Waals surface area contributed by atoms with Crippen molar-refractivity contribution in [1.82, 2.24) is 0 Å². The van der Waals surface area contributed by atoms with E-state index >= 15 is 0 Å². The van der Waals surface area contributed by atoms with Crippen molar-refractivity contribution in [2.75, 3.05) is 0 Å². The number of carbonyl (C=O) groups is 1. The van der Waals surface area contributed by atoms with Gasteiger partial charge in [0.2, 0.25) is 0 Å². The summed E-state index contributed by atoms with van der Waals surface area (Å²) in [5.41, 5.74) is 0. The summed E-state index contributed by atoms with van der Waals surface area (Å²) in [5, 5.41) is 0.951. The van der Waals surface area contributed by atoms with Crippen molar-refractivity contribution in [2.45, 2.75) is 17.4 Å². The summed E-state index contributed by atoms with van der Waals surface area (Å²) < 4.78 is 0. The molecule has 1 saturated heterocycles. The lowest BCUT2D eigenvalue weighted by Gasteiger charge is -1.63. The number of aldehydes is 1. The first kappa shape index (κ1) is 4.19. The van der Waals surface area contributed by atoms with Crippen molar-refractivity contribution in [2.24, 2.45) is 0 Å². The van der Waals surface area contributed by atoms with E-state index in [1.54, 1.807) is 11.8 Å². The normalized spacial score (nSPS) is 42.2. The van der Waals surface area contributed by atoms with Crippen LogP contribution in [-0.4, -0.2) is 16.8 Å². The molecule has 2 atom stereocenters. The predicted octanol–water partition coefficient (Wildman–Crippen LogP) is 0.689. The molecule has 2 heteroatoms. The molecule has 0 aliphatic carbocycles. The van der Waals surface area contributed by atoms with Crippen molar-refractivity contribution in [3.05, 3.63) is 0 Å². The summed E-state index contributed by atoms with van der Waals surface area (Å²) >= 11 is 1.72. The molecule has 6 heavy (non-hydrogen) atoms. The van der Waals surface area contributed by atoms with E-state index in [0.29, 0.717) is 10.5 Å². The summed E-state index contributed by atoms with van der Waals surface area (Å²) in [6, 6.07) is 0. The molecule has 1 rings (SSSR count). The quantitative estimate of drug-likeness (QED) is 0.358. The average Bonchev–Trinajstić information content (AvgIpc) is 2.19. The van der Waals surface area contributed by atoms with Gasteiger partial charge in [0.05, 0.1) is 5.25 Å². The third kappa shape index (κ3) is 0.570. The first-order chi connectivity index (χ1) is 2.84. The molecule has 34 valence electrons. The van der Waals surface area contributed by atoms with Crippen molar-refractivity contribution >= 4 is 18.0 Å². The van der Waals surface area contributed by atoms with Gasteiger partial charge in [-0.15, -0.1) is 11.8 Å². The predicted molar refractivity (Wildman–Crippen MR) is 26.9 cm³/mol. The monoisotopic (exact) mass is 102 g/mol. The summed E-state index contributed by atoms with van der Waals surface area (Å²) in [4.78, 5) is 9.76. The maximum atomic E-state index is 9.76. The lowest BCUT2D eigenvalue weighted by Crippen LogP contribution is -1.86. The van der Waals surface area contributed by atoms with Gasteiger partial charge in [-0.3, -0.25) is 0 Å². The summed E-state index contributed by atoms with van der Waals surface area (Å²) in [5.74, 6) is 0. The molecule has 0 radical (unpaired) electrons. The van der Waals surface area contributed by atoms with E-state index in [1.807, 2.05) is 0 Å². The molecule has 2 unspecified atom stereocenters. The first-order valence-electron chi connectivity index (χ1n) is 1.95. The van der Waals surface area contributed by atoms with Crippen LogP contribution in [0.3, 0.4) is 0 Å². The van der Waals surface area contributed by atoms with Crippen molar-refractivity contribution in [3.8, 4) is 0 Å². The van der Waals surface area contributed by atoms with Gasteiger partial charge in [-0.05, 0) is 0 Å². The van der Waals surface area contributed by atoms with Gasteiger partial charge in [0.25, 0.3) is 0 Å². The van der Waals surface area contributed by atoms with Crippen molar-refractivity contribution < 1.29 is 4.79 Å². The van der Waals surface area contributed by atoms with Crippen LogP contribution in [0.4, 0.5) is 0 Å². The zero-order valence-electron chi connectivity index (χ0n) is 3.55. The number of thioether (sulfide) groups is 1. The number of hydrogen-bond acceptors (Lipinski definition) is 2. The molecule has 0 aromatic carbocycles. The van der Waals surface area contributed by atoms with Crippen molar-refractivity contribution in [3.63, 3.8) is 0 Å². The van der Waals surface area contributed by atoms with Crippen LogP contribution in [0.1, 0.15) is 6.92 Å². The second-order valence-corrected chi connectivity index (χ2v) is 3.00. The van der Waals surface area contributed by atoms with E-state index in [2.05, 4.69) is 6.92 Å². The van der Waals surface area contributed by atoms with Gasteiger partial charge in [-0.1, -0.05) is 6.92 Å². The molecule has 0 aromatic heterocycles. The van der Waals surface area contributed by atoms with Gasteiger partial charge in [-0.2, -0.15) is 0 Å². The molecule has 1 aliphatic heterocycles. The zero-order chi connectivity index (χ0) is 4.57. The third-order valence-corrected chi connectivity index (χ3v) is 2.13. The Kier molecular flexibility index (Phi) is 0.880. The molecule has 0 bridgehead atoms. The molecule has 1 aliphatic rings. The van der Waals surface area contributed by atoms with Gasteiger partial charge in [0.15, 0.2) is 0 Å². The van der Waals surface area contributed by atoms with Crippen LogP contribution in [0.5, 0.6) is 0 Å². The largest absolute Gasteiger partial charge is 0.302 e. The smallest absolute Gasteiger partial charge is 0.134 e. The van der Waals surface area contributed by atoms with E-state index in [-0.39, 0.29) is 0 Å². The number of rotatable bonds is 1.